The van der Waals surface area contributed by atoms with Crippen molar-refractivity contribution in [3.8, 4) is 12.3 Å². The van der Waals surface area contributed by atoms with Crippen LogP contribution < -0.4 is 5.32 Å². The van der Waals surface area contributed by atoms with Gasteiger partial charge in [-0.05, 0) is 18.8 Å². The summed E-state index contributed by atoms with van der Waals surface area (Å²) in [6.07, 6.45) is 8.76. The highest BCUT2D eigenvalue weighted by Crippen LogP contribution is 2.07. The highest BCUT2D eigenvalue weighted by Gasteiger charge is 2.12. The third-order valence-electron chi connectivity index (χ3n) is 2.60. The summed E-state index contributed by atoms with van der Waals surface area (Å²) < 4.78 is 0. The summed E-state index contributed by atoms with van der Waals surface area (Å²) in [5.41, 5.74) is 0. The van der Waals surface area contributed by atoms with Gasteiger partial charge in [-0.25, -0.2) is 0 Å². The van der Waals surface area contributed by atoms with Gasteiger partial charge in [0, 0.05) is 25.8 Å². The molecule has 0 spiro atoms. The lowest BCUT2D eigenvalue weighted by Crippen LogP contribution is -2.29. The number of carboxylic acids is 1. The molecule has 0 heterocycles. The van der Waals surface area contributed by atoms with Crippen molar-refractivity contribution in [2.45, 2.75) is 45.4 Å². The zero-order chi connectivity index (χ0) is 13.1. The molecule has 0 aromatic rings. The van der Waals surface area contributed by atoms with Crippen molar-refractivity contribution in [3.63, 3.8) is 0 Å². The number of amides is 1. The molecule has 4 heteroatoms. The van der Waals surface area contributed by atoms with E-state index in [1.54, 1.807) is 0 Å². The van der Waals surface area contributed by atoms with Crippen LogP contribution in [0.1, 0.15) is 45.4 Å². The summed E-state index contributed by atoms with van der Waals surface area (Å²) >= 11 is 0. The average Bonchev–Trinajstić information content (AvgIpc) is 2.29. The van der Waals surface area contributed by atoms with Crippen molar-refractivity contribution in [2.24, 2.45) is 5.92 Å². The molecule has 96 valence electrons. The number of aliphatic carboxylic acids is 1. The minimum Gasteiger partial charge on any atom is -0.481 e. The molecule has 1 atom stereocenters. The largest absolute Gasteiger partial charge is 0.481 e. The predicted molar refractivity (Wildman–Crippen MR) is 66.3 cm³/mol. The molecule has 17 heavy (non-hydrogen) atoms. The molecule has 0 radical (unpaired) electrons. The van der Waals surface area contributed by atoms with E-state index < -0.39 is 5.97 Å². The predicted octanol–water partition coefficient (Wildman–Crippen LogP) is 1.80. The smallest absolute Gasteiger partial charge is 0.303 e. The van der Waals surface area contributed by atoms with E-state index in [0.29, 0.717) is 19.4 Å². The highest BCUT2D eigenvalue weighted by molar-refractivity contribution is 5.75. The molecule has 4 nitrogen and oxygen atoms in total. The minimum atomic E-state index is -0.819. The van der Waals surface area contributed by atoms with Crippen LogP contribution in [0.2, 0.25) is 0 Å². The summed E-state index contributed by atoms with van der Waals surface area (Å²) in [6, 6.07) is 0. The van der Waals surface area contributed by atoms with Crippen LogP contribution in [0.4, 0.5) is 0 Å². The Morgan fingerprint density at radius 1 is 1.41 bits per heavy atom. The molecule has 0 saturated heterocycles. The Labute approximate surface area is 103 Å². The van der Waals surface area contributed by atoms with Crippen LogP contribution >= 0.6 is 0 Å². The summed E-state index contributed by atoms with van der Waals surface area (Å²) in [5, 5.41) is 11.4. The number of unbranched alkanes of at least 4 members (excludes halogenated alkanes) is 2. The summed E-state index contributed by atoms with van der Waals surface area (Å²) in [5.74, 6) is 1.70. The number of nitrogens with one attached hydrogen (secondary N) is 1. The van der Waals surface area contributed by atoms with Crippen LogP contribution in [0.5, 0.6) is 0 Å². The summed E-state index contributed by atoms with van der Waals surface area (Å²) in [4.78, 5) is 21.9. The number of terminal acetylenes is 1. The molecule has 2 N–H and O–H groups in total. The van der Waals surface area contributed by atoms with Gasteiger partial charge in [-0.15, -0.1) is 12.3 Å². The Morgan fingerprint density at radius 3 is 2.65 bits per heavy atom. The fourth-order valence-corrected chi connectivity index (χ4v) is 1.47. The van der Waals surface area contributed by atoms with Crippen LogP contribution in [0.25, 0.3) is 0 Å². The molecule has 1 unspecified atom stereocenters. The highest BCUT2D eigenvalue weighted by atomic mass is 16.4. The van der Waals surface area contributed by atoms with Crippen molar-refractivity contribution in [1.82, 2.24) is 5.32 Å². The van der Waals surface area contributed by atoms with Gasteiger partial charge in [0.05, 0.1) is 0 Å². The van der Waals surface area contributed by atoms with Gasteiger partial charge in [-0.3, -0.25) is 9.59 Å². The average molecular weight is 239 g/mol. The first-order valence-corrected chi connectivity index (χ1v) is 6.02. The Kier molecular flexibility index (Phi) is 8.85. The first-order chi connectivity index (χ1) is 8.10. The third-order valence-corrected chi connectivity index (χ3v) is 2.60. The molecule has 0 saturated carbocycles. The van der Waals surface area contributed by atoms with Crippen molar-refractivity contribution in [2.75, 3.05) is 6.54 Å². The number of hydrogen-bond acceptors (Lipinski definition) is 2. The molecule has 0 rings (SSSR count). The summed E-state index contributed by atoms with van der Waals surface area (Å²) in [6.45, 7) is 2.36. The monoisotopic (exact) mass is 239 g/mol. The standard InChI is InChI=1S/C13H21NO3/c1-3-5-6-7-8-12(15)14-10-11(4-2)9-13(16)17/h1,11H,4-10H2,2H3,(H,14,15)(H,16,17). The van der Waals surface area contributed by atoms with E-state index in [1.165, 1.54) is 0 Å². The van der Waals surface area contributed by atoms with Gasteiger partial charge in [0.25, 0.3) is 0 Å². The molecule has 0 bridgehead atoms. The van der Waals surface area contributed by atoms with E-state index in [4.69, 9.17) is 11.5 Å². The first kappa shape index (κ1) is 15.5. The first-order valence-electron chi connectivity index (χ1n) is 6.02. The third kappa shape index (κ3) is 9.43. The zero-order valence-electron chi connectivity index (χ0n) is 10.4. The van der Waals surface area contributed by atoms with Gasteiger partial charge < -0.3 is 10.4 Å². The van der Waals surface area contributed by atoms with Gasteiger partial charge in [0.2, 0.25) is 5.91 Å². The van der Waals surface area contributed by atoms with E-state index in [9.17, 15) is 9.59 Å². The second-order valence-corrected chi connectivity index (χ2v) is 4.09. The lowest BCUT2D eigenvalue weighted by atomic mass is 10.0. The SMILES string of the molecule is C#CCCCCC(=O)NCC(CC)CC(=O)O. The Balaban J connectivity index is 3.66. The molecule has 1 amide bonds. The van der Waals surface area contributed by atoms with E-state index >= 15 is 0 Å². The van der Waals surface area contributed by atoms with Crippen LogP contribution in [-0.2, 0) is 9.59 Å². The van der Waals surface area contributed by atoms with Crippen LogP contribution in [0.15, 0.2) is 0 Å². The second kappa shape index (κ2) is 9.71. The Bertz CT molecular complexity index is 281. The van der Waals surface area contributed by atoms with E-state index in [1.807, 2.05) is 6.92 Å². The van der Waals surface area contributed by atoms with Gasteiger partial charge in [-0.1, -0.05) is 13.3 Å². The molecule has 0 aromatic carbocycles. The fourth-order valence-electron chi connectivity index (χ4n) is 1.47. The number of rotatable bonds is 9. The lowest BCUT2D eigenvalue weighted by molar-refractivity contribution is -0.138. The van der Waals surface area contributed by atoms with Gasteiger partial charge >= 0.3 is 5.97 Å². The second-order valence-electron chi connectivity index (χ2n) is 4.09. The molecule has 0 aliphatic carbocycles. The van der Waals surface area contributed by atoms with Gasteiger partial charge in [-0.2, -0.15) is 0 Å². The van der Waals surface area contributed by atoms with Gasteiger partial charge in [0.15, 0.2) is 0 Å². The number of carbonyl (C=O) groups is 2. The van der Waals surface area contributed by atoms with E-state index in [0.717, 1.165) is 19.3 Å². The maximum absolute atomic E-state index is 11.4. The van der Waals surface area contributed by atoms with Crippen molar-refractivity contribution in [3.05, 3.63) is 0 Å². The minimum absolute atomic E-state index is 0.0159. The van der Waals surface area contributed by atoms with Crippen LogP contribution in [0.3, 0.4) is 0 Å². The fraction of sp³-hybridized carbons (Fsp3) is 0.692. The lowest BCUT2D eigenvalue weighted by Gasteiger charge is -2.13. The van der Waals surface area contributed by atoms with E-state index in [2.05, 4.69) is 11.2 Å². The van der Waals surface area contributed by atoms with E-state index in [-0.39, 0.29) is 18.2 Å². The molecule has 0 aliphatic rings. The molecule has 0 aliphatic heterocycles. The van der Waals surface area contributed by atoms with Crippen molar-refractivity contribution >= 4 is 11.9 Å². The van der Waals surface area contributed by atoms with Crippen molar-refractivity contribution < 1.29 is 14.7 Å². The number of carboxylic acid groups (broad SMARTS) is 1. The van der Waals surface area contributed by atoms with Crippen molar-refractivity contribution in [1.29, 1.82) is 0 Å². The molecule has 0 fully saturated rings. The molecular weight excluding hydrogens is 218 g/mol. The zero-order valence-corrected chi connectivity index (χ0v) is 10.4. The Hall–Kier alpha value is -1.50. The van der Waals surface area contributed by atoms with Gasteiger partial charge in [0.1, 0.15) is 0 Å². The molecule has 0 aromatic heterocycles. The maximum atomic E-state index is 11.4. The topological polar surface area (TPSA) is 66.4 Å². The quantitative estimate of drug-likeness (QED) is 0.476. The summed E-state index contributed by atoms with van der Waals surface area (Å²) in [7, 11) is 0. The normalized spacial score (nSPS) is 11.5. The molecular formula is C13H21NO3. The van der Waals surface area contributed by atoms with Crippen LogP contribution in [0, 0.1) is 18.3 Å². The number of hydrogen-bond donors (Lipinski definition) is 2. The number of carbonyl (C=O) groups excluding carboxylic acids is 1. The Morgan fingerprint density at radius 2 is 2.12 bits per heavy atom. The maximum Gasteiger partial charge on any atom is 0.303 e. The van der Waals surface area contributed by atoms with Crippen LogP contribution in [-0.4, -0.2) is 23.5 Å².